The largest absolute Gasteiger partial charge is 0.455 e. The normalized spacial score (nSPS) is 14.2. The van der Waals surface area contributed by atoms with E-state index in [1.165, 1.54) is 12.8 Å². The van der Waals surface area contributed by atoms with Crippen LogP contribution in [0.1, 0.15) is 18.4 Å². The van der Waals surface area contributed by atoms with E-state index >= 15 is 0 Å². The summed E-state index contributed by atoms with van der Waals surface area (Å²) in [4.78, 5) is 0. The molecule has 2 aromatic rings. The molecule has 0 spiro atoms. The lowest BCUT2D eigenvalue weighted by Gasteiger charge is -2.13. The van der Waals surface area contributed by atoms with Crippen LogP contribution in [-0.2, 0) is 6.54 Å². The molecule has 0 unspecified atom stereocenters. The quantitative estimate of drug-likeness (QED) is 0.700. The molecule has 5 heteroatoms. The van der Waals surface area contributed by atoms with Crippen molar-refractivity contribution >= 4 is 39.1 Å². The number of rotatable bonds is 5. The van der Waals surface area contributed by atoms with Gasteiger partial charge in [-0.1, -0.05) is 45.2 Å². The summed E-state index contributed by atoms with van der Waals surface area (Å²) >= 11 is 15.6. The van der Waals surface area contributed by atoms with Crippen molar-refractivity contribution < 1.29 is 4.74 Å². The molecule has 0 bridgehead atoms. The van der Waals surface area contributed by atoms with E-state index in [4.69, 9.17) is 27.9 Å². The van der Waals surface area contributed by atoms with Crippen LogP contribution in [-0.4, -0.2) is 6.04 Å². The van der Waals surface area contributed by atoms with Gasteiger partial charge in [0.25, 0.3) is 0 Å². The molecule has 0 amide bonds. The molecule has 0 heterocycles. The Morgan fingerprint density at radius 2 is 1.90 bits per heavy atom. The maximum absolute atomic E-state index is 6.16. The zero-order chi connectivity index (χ0) is 14.8. The van der Waals surface area contributed by atoms with Crippen LogP contribution in [0, 0.1) is 0 Å². The standard InChI is InChI=1S/C16H14BrCl2NO/c17-11-2-1-10(9-20-13-4-5-13)15(7-11)21-16-8-12(18)3-6-14(16)19/h1-3,6-8,13,20H,4-5,9H2. The fourth-order valence-corrected chi connectivity index (χ4v) is 2.64. The molecule has 2 aromatic carbocycles. The Hall–Kier alpha value is -0.740. The van der Waals surface area contributed by atoms with Crippen LogP contribution in [0.4, 0.5) is 0 Å². The van der Waals surface area contributed by atoms with E-state index in [1.54, 1.807) is 18.2 Å². The molecule has 0 radical (unpaired) electrons. The van der Waals surface area contributed by atoms with Crippen molar-refractivity contribution in [2.45, 2.75) is 25.4 Å². The molecule has 1 fully saturated rings. The van der Waals surface area contributed by atoms with Crippen molar-refractivity contribution in [2.75, 3.05) is 0 Å². The second-order valence-corrected chi connectivity index (χ2v) is 6.84. The molecule has 0 atom stereocenters. The molecule has 3 rings (SSSR count). The summed E-state index contributed by atoms with van der Waals surface area (Å²) in [6.45, 7) is 0.783. The van der Waals surface area contributed by atoms with E-state index in [0.29, 0.717) is 21.8 Å². The summed E-state index contributed by atoms with van der Waals surface area (Å²) in [6, 6.07) is 11.9. The van der Waals surface area contributed by atoms with Crippen molar-refractivity contribution in [3.8, 4) is 11.5 Å². The smallest absolute Gasteiger partial charge is 0.147 e. The molecule has 1 aliphatic carbocycles. The Kier molecular flexibility index (Phi) is 4.75. The first-order valence-electron chi connectivity index (χ1n) is 6.76. The highest BCUT2D eigenvalue weighted by molar-refractivity contribution is 9.10. The summed E-state index contributed by atoms with van der Waals surface area (Å²) in [7, 11) is 0. The van der Waals surface area contributed by atoms with Gasteiger partial charge in [-0.05, 0) is 37.1 Å². The number of nitrogens with one attached hydrogen (secondary N) is 1. The fraction of sp³-hybridized carbons (Fsp3) is 0.250. The molecule has 0 aliphatic heterocycles. The predicted molar refractivity (Wildman–Crippen MR) is 90.5 cm³/mol. The highest BCUT2D eigenvalue weighted by atomic mass is 79.9. The Labute approximate surface area is 142 Å². The Balaban J connectivity index is 1.85. The van der Waals surface area contributed by atoms with E-state index in [9.17, 15) is 0 Å². The van der Waals surface area contributed by atoms with E-state index in [2.05, 4.69) is 21.2 Å². The van der Waals surface area contributed by atoms with Crippen LogP contribution < -0.4 is 10.1 Å². The first kappa shape index (κ1) is 15.2. The van der Waals surface area contributed by atoms with Gasteiger partial charge in [-0.25, -0.2) is 0 Å². The van der Waals surface area contributed by atoms with Crippen molar-refractivity contribution in [2.24, 2.45) is 0 Å². The monoisotopic (exact) mass is 385 g/mol. The van der Waals surface area contributed by atoms with Gasteiger partial charge < -0.3 is 10.1 Å². The number of hydrogen-bond acceptors (Lipinski definition) is 2. The van der Waals surface area contributed by atoms with Crippen LogP contribution in [0.15, 0.2) is 40.9 Å². The average Bonchev–Trinajstić information content (AvgIpc) is 3.26. The summed E-state index contributed by atoms with van der Waals surface area (Å²) in [5.41, 5.74) is 1.10. The Morgan fingerprint density at radius 1 is 1.10 bits per heavy atom. The van der Waals surface area contributed by atoms with Crippen LogP contribution in [0.2, 0.25) is 10.0 Å². The molecule has 1 saturated carbocycles. The van der Waals surface area contributed by atoms with Crippen LogP contribution >= 0.6 is 39.1 Å². The number of benzene rings is 2. The van der Waals surface area contributed by atoms with Crippen molar-refractivity contribution in [1.82, 2.24) is 5.32 Å². The molecule has 0 aromatic heterocycles. The van der Waals surface area contributed by atoms with Crippen molar-refractivity contribution in [3.05, 3.63) is 56.5 Å². The van der Waals surface area contributed by atoms with Gasteiger partial charge in [0, 0.05) is 33.7 Å². The summed E-state index contributed by atoms with van der Waals surface area (Å²) in [5.74, 6) is 1.34. The third kappa shape index (κ3) is 4.13. The minimum absolute atomic E-state index is 0.542. The Morgan fingerprint density at radius 3 is 2.67 bits per heavy atom. The van der Waals surface area contributed by atoms with E-state index in [1.807, 2.05) is 18.2 Å². The van der Waals surface area contributed by atoms with E-state index in [-0.39, 0.29) is 0 Å². The molecule has 21 heavy (non-hydrogen) atoms. The van der Waals surface area contributed by atoms with Gasteiger partial charge in [-0.3, -0.25) is 0 Å². The first-order chi connectivity index (χ1) is 10.1. The van der Waals surface area contributed by atoms with Gasteiger partial charge in [-0.15, -0.1) is 0 Å². The van der Waals surface area contributed by atoms with Crippen molar-refractivity contribution in [1.29, 1.82) is 0 Å². The molecule has 1 aliphatic rings. The topological polar surface area (TPSA) is 21.3 Å². The maximum Gasteiger partial charge on any atom is 0.147 e. The lowest BCUT2D eigenvalue weighted by molar-refractivity contribution is 0.472. The molecular weight excluding hydrogens is 373 g/mol. The molecule has 2 nitrogen and oxygen atoms in total. The van der Waals surface area contributed by atoms with Gasteiger partial charge in [0.2, 0.25) is 0 Å². The second kappa shape index (κ2) is 6.57. The van der Waals surface area contributed by atoms with Crippen LogP contribution in [0.3, 0.4) is 0 Å². The highest BCUT2D eigenvalue weighted by Gasteiger charge is 2.20. The SMILES string of the molecule is Clc1ccc(Cl)c(Oc2cc(Br)ccc2CNC2CC2)c1. The third-order valence-corrected chi connectivity index (χ3v) is 4.34. The fourth-order valence-electron chi connectivity index (χ4n) is 1.99. The maximum atomic E-state index is 6.16. The van der Waals surface area contributed by atoms with Crippen molar-refractivity contribution in [3.63, 3.8) is 0 Å². The number of hydrogen-bond donors (Lipinski definition) is 1. The molecule has 0 saturated heterocycles. The van der Waals surface area contributed by atoms with Gasteiger partial charge >= 0.3 is 0 Å². The highest BCUT2D eigenvalue weighted by Crippen LogP contribution is 2.35. The molecule has 1 N–H and O–H groups in total. The lowest BCUT2D eigenvalue weighted by atomic mass is 10.2. The van der Waals surface area contributed by atoms with Gasteiger partial charge in [-0.2, -0.15) is 0 Å². The number of ether oxygens (including phenoxy) is 1. The molecule has 110 valence electrons. The second-order valence-electron chi connectivity index (χ2n) is 5.08. The first-order valence-corrected chi connectivity index (χ1v) is 8.31. The molecular formula is C16H14BrCl2NO. The minimum atomic E-state index is 0.542. The third-order valence-electron chi connectivity index (χ3n) is 3.30. The van der Waals surface area contributed by atoms with E-state index < -0.39 is 0 Å². The predicted octanol–water partition coefficient (Wildman–Crippen LogP) is 5.80. The summed E-state index contributed by atoms with van der Waals surface area (Å²) in [6.07, 6.45) is 2.51. The Bertz CT molecular complexity index is 659. The zero-order valence-electron chi connectivity index (χ0n) is 11.2. The zero-order valence-corrected chi connectivity index (χ0v) is 14.3. The lowest BCUT2D eigenvalue weighted by Crippen LogP contribution is -2.15. The summed E-state index contributed by atoms with van der Waals surface area (Å²) in [5, 5.41) is 4.63. The van der Waals surface area contributed by atoms with Crippen LogP contribution in [0.5, 0.6) is 11.5 Å². The van der Waals surface area contributed by atoms with Crippen LogP contribution in [0.25, 0.3) is 0 Å². The minimum Gasteiger partial charge on any atom is -0.455 e. The van der Waals surface area contributed by atoms with Gasteiger partial charge in [0.15, 0.2) is 0 Å². The van der Waals surface area contributed by atoms with Gasteiger partial charge in [0.05, 0.1) is 5.02 Å². The van der Waals surface area contributed by atoms with Gasteiger partial charge in [0.1, 0.15) is 11.5 Å². The average molecular weight is 387 g/mol. The van der Waals surface area contributed by atoms with E-state index in [0.717, 1.165) is 22.3 Å². The summed E-state index contributed by atoms with van der Waals surface area (Å²) < 4.78 is 6.93. The number of halogens is 3.